The van der Waals surface area contributed by atoms with Crippen LogP contribution in [0.3, 0.4) is 0 Å². The molecule has 2 rings (SSSR count). The molecule has 1 fully saturated rings. The second-order valence-electron chi connectivity index (χ2n) is 5.76. The minimum absolute atomic E-state index is 0.00743. The van der Waals surface area contributed by atoms with E-state index in [4.69, 9.17) is 14.6 Å². The predicted octanol–water partition coefficient (Wildman–Crippen LogP) is 1.89. The first-order valence-electron chi connectivity index (χ1n) is 7.74. The van der Waals surface area contributed by atoms with Gasteiger partial charge in [0.1, 0.15) is 5.75 Å². The molecule has 1 amide bonds. The van der Waals surface area contributed by atoms with Gasteiger partial charge in [0, 0.05) is 13.0 Å². The van der Waals surface area contributed by atoms with Crippen LogP contribution in [0.5, 0.6) is 5.75 Å². The van der Waals surface area contributed by atoms with E-state index in [9.17, 15) is 9.59 Å². The van der Waals surface area contributed by atoms with Crippen molar-refractivity contribution in [3.05, 3.63) is 29.8 Å². The van der Waals surface area contributed by atoms with Crippen LogP contribution in [0.25, 0.3) is 0 Å². The average Bonchev–Trinajstić information content (AvgIpc) is 2.54. The molecule has 1 aromatic rings. The summed E-state index contributed by atoms with van der Waals surface area (Å²) in [6, 6.07) is 7.24. The summed E-state index contributed by atoms with van der Waals surface area (Å²) in [5.74, 6) is -0.210. The molecule has 1 N–H and O–H groups in total. The Balaban J connectivity index is 2.05. The Morgan fingerprint density at radius 3 is 2.87 bits per heavy atom. The predicted molar refractivity (Wildman–Crippen MR) is 84.6 cm³/mol. The Kier molecular flexibility index (Phi) is 5.98. The molecule has 0 bridgehead atoms. The van der Waals surface area contributed by atoms with E-state index >= 15 is 0 Å². The molecule has 1 aliphatic heterocycles. The van der Waals surface area contributed by atoms with Gasteiger partial charge in [0.25, 0.3) is 0 Å². The maximum Gasteiger partial charge on any atom is 0.305 e. The van der Waals surface area contributed by atoms with Crippen molar-refractivity contribution >= 4 is 11.9 Å². The van der Waals surface area contributed by atoms with Gasteiger partial charge < -0.3 is 19.5 Å². The van der Waals surface area contributed by atoms with Crippen LogP contribution in [0.4, 0.5) is 0 Å². The van der Waals surface area contributed by atoms with E-state index in [1.54, 1.807) is 12.0 Å². The summed E-state index contributed by atoms with van der Waals surface area (Å²) in [6.07, 6.45) is 0.227. The summed E-state index contributed by atoms with van der Waals surface area (Å²) >= 11 is 0. The zero-order valence-electron chi connectivity index (χ0n) is 13.5. The number of methoxy groups -OCH3 is 1. The van der Waals surface area contributed by atoms with Crippen LogP contribution < -0.4 is 4.74 Å². The molecule has 23 heavy (non-hydrogen) atoms. The van der Waals surface area contributed by atoms with Crippen molar-refractivity contribution < 1.29 is 24.2 Å². The topological polar surface area (TPSA) is 76.1 Å². The van der Waals surface area contributed by atoms with Gasteiger partial charge in [-0.3, -0.25) is 9.59 Å². The molecule has 1 heterocycles. The molecule has 0 spiro atoms. The molecule has 0 aliphatic carbocycles. The van der Waals surface area contributed by atoms with Gasteiger partial charge in [-0.2, -0.15) is 0 Å². The Morgan fingerprint density at radius 1 is 1.43 bits per heavy atom. The van der Waals surface area contributed by atoms with Gasteiger partial charge >= 0.3 is 5.97 Å². The number of carboxylic acids is 1. The zero-order chi connectivity index (χ0) is 16.8. The Labute approximate surface area is 136 Å². The van der Waals surface area contributed by atoms with E-state index in [0.29, 0.717) is 19.6 Å². The van der Waals surface area contributed by atoms with Crippen LogP contribution >= 0.6 is 0 Å². The van der Waals surface area contributed by atoms with Gasteiger partial charge in [-0.25, -0.2) is 0 Å². The van der Waals surface area contributed by atoms with Crippen molar-refractivity contribution in [2.45, 2.75) is 31.7 Å². The van der Waals surface area contributed by atoms with Crippen LogP contribution in [-0.4, -0.2) is 54.8 Å². The number of ether oxygens (including phenoxy) is 2. The number of carbonyl (C=O) groups excluding carboxylic acids is 1. The maximum atomic E-state index is 12.6. The third-order valence-corrected chi connectivity index (χ3v) is 4.11. The van der Waals surface area contributed by atoms with Gasteiger partial charge in [0.2, 0.25) is 5.91 Å². The molecule has 6 heteroatoms. The highest BCUT2D eigenvalue weighted by molar-refractivity contribution is 5.78. The number of hydrogen-bond donors (Lipinski definition) is 1. The molecular weight excluding hydrogens is 298 g/mol. The number of nitrogens with zero attached hydrogens (tertiary/aromatic N) is 1. The first-order chi connectivity index (χ1) is 11.0. The summed E-state index contributed by atoms with van der Waals surface area (Å²) in [5.41, 5.74) is 0.978. The highest BCUT2D eigenvalue weighted by Gasteiger charge is 2.30. The quantitative estimate of drug-likeness (QED) is 0.866. The molecule has 126 valence electrons. The van der Waals surface area contributed by atoms with Gasteiger partial charge in [-0.05, 0) is 17.5 Å². The molecule has 0 aromatic heterocycles. The lowest BCUT2D eigenvalue weighted by Crippen LogP contribution is -2.49. The first kappa shape index (κ1) is 17.3. The fourth-order valence-corrected chi connectivity index (χ4v) is 2.92. The van der Waals surface area contributed by atoms with E-state index < -0.39 is 12.0 Å². The number of morpholine rings is 1. The molecule has 1 saturated heterocycles. The van der Waals surface area contributed by atoms with Crippen LogP contribution in [0.2, 0.25) is 0 Å². The molecule has 0 radical (unpaired) electrons. The number of benzene rings is 1. The van der Waals surface area contributed by atoms with Crippen LogP contribution in [-0.2, 0) is 14.3 Å². The summed E-state index contributed by atoms with van der Waals surface area (Å²) < 4.78 is 10.7. The largest absolute Gasteiger partial charge is 0.496 e. The number of hydrogen-bond acceptors (Lipinski definition) is 4. The molecule has 2 unspecified atom stereocenters. The Hall–Kier alpha value is -2.08. The Morgan fingerprint density at radius 2 is 2.17 bits per heavy atom. The minimum Gasteiger partial charge on any atom is -0.496 e. The summed E-state index contributed by atoms with van der Waals surface area (Å²) in [5, 5.41) is 8.98. The molecule has 0 saturated carbocycles. The zero-order valence-corrected chi connectivity index (χ0v) is 13.5. The van der Waals surface area contributed by atoms with E-state index in [1.165, 1.54) is 0 Å². The summed E-state index contributed by atoms with van der Waals surface area (Å²) in [4.78, 5) is 25.2. The molecule has 2 atom stereocenters. The molecular formula is C17H23NO5. The lowest BCUT2D eigenvalue weighted by atomic mass is 9.95. The molecule has 1 aromatic carbocycles. The van der Waals surface area contributed by atoms with Crippen molar-refractivity contribution in [3.63, 3.8) is 0 Å². The monoisotopic (exact) mass is 321 g/mol. The van der Waals surface area contributed by atoms with Crippen molar-refractivity contribution in [1.82, 2.24) is 4.90 Å². The van der Waals surface area contributed by atoms with E-state index in [2.05, 4.69) is 0 Å². The number of carboxylic acid groups (broad SMARTS) is 1. The standard InChI is InChI=1S/C17H23NO5/c1-12(14-5-3-4-6-15(14)22-2)9-16(19)18-7-8-23-11-13(18)10-17(20)21/h3-6,12-13H,7-11H2,1-2H3,(H,20,21). The normalized spacial score (nSPS) is 19.2. The first-order valence-corrected chi connectivity index (χ1v) is 7.74. The molecule has 6 nitrogen and oxygen atoms in total. The lowest BCUT2D eigenvalue weighted by molar-refractivity contribution is -0.146. The fourth-order valence-electron chi connectivity index (χ4n) is 2.92. The lowest BCUT2D eigenvalue weighted by Gasteiger charge is -2.35. The van der Waals surface area contributed by atoms with Crippen LogP contribution in [0, 0.1) is 0 Å². The van der Waals surface area contributed by atoms with Crippen molar-refractivity contribution in [2.75, 3.05) is 26.9 Å². The third-order valence-electron chi connectivity index (χ3n) is 4.11. The fraction of sp³-hybridized carbons (Fsp3) is 0.529. The van der Waals surface area contributed by atoms with Crippen LogP contribution in [0.15, 0.2) is 24.3 Å². The van der Waals surface area contributed by atoms with Gasteiger partial charge in [0.05, 0.1) is 32.8 Å². The highest BCUT2D eigenvalue weighted by atomic mass is 16.5. The number of aliphatic carboxylic acids is 1. The summed E-state index contributed by atoms with van der Waals surface area (Å²) in [7, 11) is 1.61. The van der Waals surface area contributed by atoms with Gasteiger partial charge in [0.15, 0.2) is 0 Å². The minimum atomic E-state index is -0.920. The van der Waals surface area contributed by atoms with Crippen LogP contribution in [0.1, 0.15) is 31.2 Å². The Bertz CT molecular complexity index is 560. The van der Waals surface area contributed by atoms with Crippen molar-refractivity contribution in [3.8, 4) is 5.75 Å². The maximum absolute atomic E-state index is 12.6. The van der Waals surface area contributed by atoms with Crippen molar-refractivity contribution in [1.29, 1.82) is 0 Å². The third kappa shape index (κ3) is 4.45. The highest BCUT2D eigenvalue weighted by Crippen LogP contribution is 2.29. The smallest absolute Gasteiger partial charge is 0.305 e. The van der Waals surface area contributed by atoms with E-state index in [0.717, 1.165) is 11.3 Å². The van der Waals surface area contributed by atoms with Gasteiger partial charge in [-0.15, -0.1) is 0 Å². The summed E-state index contributed by atoms with van der Waals surface area (Å²) in [6.45, 7) is 3.14. The molecule has 1 aliphatic rings. The van der Waals surface area contributed by atoms with E-state index in [1.807, 2.05) is 31.2 Å². The number of carbonyl (C=O) groups is 2. The average molecular weight is 321 g/mol. The number of para-hydroxylation sites is 1. The SMILES string of the molecule is COc1ccccc1C(C)CC(=O)N1CCOCC1CC(=O)O. The number of amides is 1. The second-order valence-corrected chi connectivity index (χ2v) is 5.76. The number of rotatable bonds is 6. The van der Waals surface area contributed by atoms with Crippen molar-refractivity contribution in [2.24, 2.45) is 0 Å². The van der Waals surface area contributed by atoms with Gasteiger partial charge in [-0.1, -0.05) is 25.1 Å². The second kappa shape index (κ2) is 7.97. The van der Waals surface area contributed by atoms with E-state index in [-0.39, 0.29) is 24.9 Å².